The minimum atomic E-state index is -0.409. The van der Waals surface area contributed by atoms with Crippen molar-refractivity contribution in [2.45, 2.75) is 6.42 Å². The van der Waals surface area contributed by atoms with Gasteiger partial charge in [-0.25, -0.2) is 0 Å². The van der Waals surface area contributed by atoms with Crippen molar-refractivity contribution >= 4 is 29.4 Å². The summed E-state index contributed by atoms with van der Waals surface area (Å²) < 4.78 is 4.50. The first-order chi connectivity index (χ1) is 12.5. The molecule has 0 aliphatic carbocycles. The fourth-order valence-corrected chi connectivity index (χ4v) is 2.41. The summed E-state index contributed by atoms with van der Waals surface area (Å²) >= 11 is 0. The third kappa shape index (κ3) is 5.85. The maximum Gasteiger partial charge on any atom is 0.307 e. The molecule has 1 aromatic carbocycles. The SMILES string of the molecule is COC(=O)CCNC(=O)c1cccc(NC(=O)CN2CCNCC2=O)c1. The van der Waals surface area contributed by atoms with Gasteiger partial charge in [0.05, 0.1) is 26.6 Å². The predicted octanol–water partition coefficient (Wildman–Crippen LogP) is -0.650. The molecular formula is C17H22N4O5. The highest BCUT2D eigenvalue weighted by Gasteiger charge is 2.20. The molecule has 26 heavy (non-hydrogen) atoms. The number of piperazine rings is 1. The second kappa shape index (κ2) is 9.52. The summed E-state index contributed by atoms with van der Waals surface area (Å²) in [5.41, 5.74) is 0.809. The number of ether oxygens (including phenoxy) is 1. The van der Waals surface area contributed by atoms with Crippen molar-refractivity contribution in [2.24, 2.45) is 0 Å². The second-order valence-electron chi connectivity index (χ2n) is 5.70. The fourth-order valence-electron chi connectivity index (χ4n) is 2.41. The maximum absolute atomic E-state index is 12.1. The van der Waals surface area contributed by atoms with Crippen LogP contribution in [0.15, 0.2) is 24.3 Å². The molecule has 1 aromatic rings. The Morgan fingerprint density at radius 2 is 2.12 bits per heavy atom. The molecule has 0 bridgehead atoms. The number of methoxy groups -OCH3 is 1. The van der Waals surface area contributed by atoms with E-state index in [1.54, 1.807) is 18.2 Å². The summed E-state index contributed by atoms with van der Waals surface area (Å²) in [5, 5.41) is 8.22. The zero-order chi connectivity index (χ0) is 18.9. The number of esters is 1. The summed E-state index contributed by atoms with van der Waals surface area (Å²) in [6.07, 6.45) is 0.0807. The summed E-state index contributed by atoms with van der Waals surface area (Å²) in [6.45, 7) is 1.49. The molecule has 9 heteroatoms. The molecule has 0 unspecified atom stereocenters. The van der Waals surface area contributed by atoms with E-state index in [2.05, 4.69) is 20.7 Å². The van der Waals surface area contributed by atoms with Gasteiger partial charge in [0.15, 0.2) is 0 Å². The van der Waals surface area contributed by atoms with Crippen LogP contribution >= 0.6 is 0 Å². The number of carbonyl (C=O) groups excluding carboxylic acids is 4. The van der Waals surface area contributed by atoms with Gasteiger partial charge in [0.2, 0.25) is 11.8 Å². The van der Waals surface area contributed by atoms with Crippen molar-refractivity contribution < 1.29 is 23.9 Å². The number of hydrogen-bond donors (Lipinski definition) is 3. The van der Waals surface area contributed by atoms with Crippen molar-refractivity contribution in [3.8, 4) is 0 Å². The van der Waals surface area contributed by atoms with Crippen LogP contribution < -0.4 is 16.0 Å². The van der Waals surface area contributed by atoms with Crippen LogP contribution in [0.25, 0.3) is 0 Å². The maximum atomic E-state index is 12.1. The standard InChI is InChI=1S/C17H22N4O5/c1-26-16(24)5-6-19-17(25)12-3-2-4-13(9-12)20-14(22)11-21-8-7-18-10-15(21)23/h2-4,9,18H,5-8,10-11H2,1H3,(H,19,25)(H,20,22). The monoisotopic (exact) mass is 362 g/mol. The fraction of sp³-hybridized carbons (Fsp3) is 0.412. The van der Waals surface area contributed by atoms with Crippen LogP contribution in [0.3, 0.4) is 0 Å². The quantitative estimate of drug-likeness (QED) is 0.555. The van der Waals surface area contributed by atoms with Crippen molar-refractivity contribution in [1.82, 2.24) is 15.5 Å². The zero-order valence-electron chi connectivity index (χ0n) is 14.5. The van der Waals surface area contributed by atoms with E-state index in [0.29, 0.717) is 24.3 Å². The Hall–Kier alpha value is -2.94. The number of benzene rings is 1. The molecular weight excluding hydrogens is 340 g/mol. The largest absolute Gasteiger partial charge is 0.469 e. The third-order valence-corrected chi connectivity index (χ3v) is 3.77. The Kier molecular flexibility index (Phi) is 7.10. The number of rotatable bonds is 7. The second-order valence-corrected chi connectivity index (χ2v) is 5.70. The lowest BCUT2D eigenvalue weighted by Crippen LogP contribution is -2.50. The van der Waals surface area contributed by atoms with Crippen molar-refractivity contribution in [3.63, 3.8) is 0 Å². The lowest BCUT2D eigenvalue weighted by molar-refractivity contribution is -0.140. The highest BCUT2D eigenvalue weighted by atomic mass is 16.5. The molecule has 1 aliphatic rings. The molecule has 1 fully saturated rings. The van der Waals surface area contributed by atoms with Crippen LogP contribution in [-0.2, 0) is 19.1 Å². The van der Waals surface area contributed by atoms with Crippen LogP contribution in [0.1, 0.15) is 16.8 Å². The molecule has 1 heterocycles. The average Bonchev–Trinajstić information content (AvgIpc) is 2.63. The smallest absolute Gasteiger partial charge is 0.307 e. The summed E-state index contributed by atoms with van der Waals surface area (Å²) in [7, 11) is 1.28. The number of nitrogens with zero attached hydrogens (tertiary/aromatic N) is 1. The van der Waals surface area contributed by atoms with Gasteiger partial charge in [-0.15, -0.1) is 0 Å². The van der Waals surface area contributed by atoms with Gasteiger partial charge in [-0.2, -0.15) is 0 Å². The molecule has 0 spiro atoms. The Morgan fingerprint density at radius 3 is 2.85 bits per heavy atom. The molecule has 1 aliphatic heterocycles. The Bertz CT molecular complexity index is 691. The van der Waals surface area contributed by atoms with Crippen molar-refractivity contribution in [2.75, 3.05) is 45.2 Å². The first-order valence-corrected chi connectivity index (χ1v) is 8.23. The Morgan fingerprint density at radius 1 is 1.31 bits per heavy atom. The van der Waals surface area contributed by atoms with Crippen LogP contribution in [0.5, 0.6) is 0 Å². The minimum Gasteiger partial charge on any atom is -0.469 e. The van der Waals surface area contributed by atoms with Crippen LogP contribution in [-0.4, -0.2) is 68.4 Å². The molecule has 140 valence electrons. The van der Waals surface area contributed by atoms with Gasteiger partial charge in [-0.3, -0.25) is 19.2 Å². The van der Waals surface area contributed by atoms with Crippen LogP contribution in [0.2, 0.25) is 0 Å². The molecule has 0 radical (unpaired) electrons. The molecule has 0 atom stereocenters. The van der Waals surface area contributed by atoms with E-state index in [1.807, 2.05) is 0 Å². The summed E-state index contributed by atoms with van der Waals surface area (Å²) in [5.74, 6) is -1.22. The molecule has 0 aromatic heterocycles. The van der Waals surface area contributed by atoms with Crippen LogP contribution in [0, 0.1) is 0 Å². The van der Waals surface area contributed by atoms with E-state index in [-0.39, 0.29) is 43.8 Å². The lowest BCUT2D eigenvalue weighted by atomic mass is 10.2. The topological polar surface area (TPSA) is 117 Å². The summed E-state index contributed by atoms with van der Waals surface area (Å²) in [4.78, 5) is 48.4. The molecule has 3 N–H and O–H groups in total. The van der Waals surface area contributed by atoms with Crippen molar-refractivity contribution in [3.05, 3.63) is 29.8 Å². The van der Waals surface area contributed by atoms with Crippen LogP contribution in [0.4, 0.5) is 5.69 Å². The van der Waals surface area contributed by atoms with Gasteiger partial charge in [0, 0.05) is 30.9 Å². The minimum absolute atomic E-state index is 0.0317. The number of nitrogens with one attached hydrogen (secondary N) is 3. The average molecular weight is 362 g/mol. The highest BCUT2D eigenvalue weighted by molar-refractivity contribution is 5.98. The Labute approximate surface area is 151 Å². The van der Waals surface area contributed by atoms with E-state index in [1.165, 1.54) is 18.1 Å². The van der Waals surface area contributed by atoms with Gasteiger partial charge in [-0.05, 0) is 18.2 Å². The van der Waals surface area contributed by atoms with Gasteiger partial charge in [0.25, 0.3) is 5.91 Å². The molecule has 9 nitrogen and oxygen atoms in total. The first-order valence-electron chi connectivity index (χ1n) is 8.23. The van der Waals surface area contributed by atoms with E-state index in [9.17, 15) is 19.2 Å². The molecule has 3 amide bonds. The van der Waals surface area contributed by atoms with E-state index in [4.69, 9.17) is 0 Å². The van der Waals surface area contributed by atoms with Crippen molar-refractivity contribution in [1.29, 1.82) is 0 Å². The predicted molar refractivity (Wildman–Crippen MR) is 93.5 cm³/mol. The lowest BCUT2D eigenvalue weighted by Gasteiger charge is -2.26. The van der Waals surface area contributed by atoms with E-state index >= 15 is 0 Å². The number of carbonyl (C=O) groups is 4. The van der Waals surface area contributed by atoms with E-state index in [0.717, 1.165) is 0 Å². The van der Waals surface area contributed by atoms with Gasteiger partial charge >= 0.3 is 5.97 Å². The third-order valence-electron chi connectivity index (χ3n) is 3.77. The summed E-state index contributed by atoms with van der Waals surface area (Å²) in [6, 6.07) is 6.43. The normalized spacial score (nSPS) is 13.9. The number of amides is 3. The van der Waals surface area contributed by atoms with E-state index < -0.39 is 5.97 Å². The highest BCUT2D eigenvalue weighted by Crippen LogP contribution is 2.11. The molecule has 2 rings (SSSR count). The van der Waals surface area contributed by atoms with Gasteiger partial charge in [-0.1, -0.05) is 6.07 Å². The number of anilines is 1. The first kappa shape index (κ1) is 19.4. The Balaban J connectivity index is 1.87. The molecule has 0 saturated carbocycles. The van der Waals surface area contributed by atoms with Gasteiger partial charge < -0.3 is 25.6 Å². The number of hydrogen-bond acceptors (Lipinski definition) is 6. The zero-order valence-corrected chi connectivity index (χ0v) is 14.5. The van der Waals surface area contributed by atoms with Gasteiger partial charge in [0.1, 0.15) is 0 Å². The molecule has 1 saturated heterocycles.